The Morgan fingerprint density at radius 2 is 1.32 bits per heavy atom. The lowest BCUT2D eigenvalue weighted by Crippen LogP contribution is -2.26. The molecule has 0 bridgehead atoms. The summed E-state index contributed by atoms with van der Waals surface area (Å²) in [5, 5.41) is 7.60. The molecule has 5 aromatic rings. The number of hydrogen-bond donors (Lipinski definition) is 1. The first-order valence-electron chi connectivity index (χ1n) is 11.5. The minimum atomic E-state index is -0.817. The van der Waals surface area contributed by atoms with E-state index in [9.17, 15) is 14.4 Å². The molecule has 0 fully saturated rings. The smallest absolute Gasteiger partial charge is 0.359 e. The number of fused-ring (bicyclic) bond motifs is 1. The van der Waals surface area contributed by atoms with Crippen LogP contribution < -0.4 is 15.6 Å². The number of carbonyl (C=O) groups excluding carboxylic acids is 2. The monoisotopic (exact) mass is 491 g/mol. The lowest BCUT2D eigenvalue weighted by molar-refractivity contribution is -0.119. The number of anilines is 1. The highest BCUT2D eigenvalue weighted by Gasteiger charge is 2.19. The van der Waals surface area contributed by atoms with Crippen LogP contribution in [0.4, 0.5) is 5.69 Å². The highest BCUT2D eigenvalue weighted by Crippen LogP contribution is 2.22. The number of hydrogen-bond acceptors (Lipinski definition) is 6. The molecule has 37 heavy (non-hydrogen) atoms. The average Bonchev–Trinajstić information content (AvgIpc) is 2.94. The van der Waals surface area contributed by atoms with Crippen molar-refractivity contribution < 1.29 is 19.1 Å². The normalized spacial score (nSPS) is 10.6. The molecule has 0 saturated heterocycles. The third-order valence-corrected chi connectivity index (χ3v) is 5.45. The van der Waals surface area contributed by atoms with Crippen LogP contribution in [0, 0.1) is 0 Å². The third-order valence-electron chi connectivity index (χ3n) is 5.45. The van der Waals surface area contributed by atoms with Crippen molar-refractivity contribution >= 4 is 28.3 Å². The predicted octanol–water partition coefficient (Wildman–Crippen LogP) is 4.97. The number of nitrogens with one attached hydrogen (secondary N) is 1. The fourth-order valence-corrected chi connectivity index (χ4v) is 3.71. The van der Waals surface area contributed by atoms with Crippen molar-refractivity contribution in [1.29, 1.82) is 0 Å². The summed E-state index contributed by atoms with van der Waals surface area (Å²) in [6.45, 7) is -0.526. The molecule has 0 aliphatic heterocycles. The van der Waals surface area contributed by atoms with E-state index in [2.05, 4.69) is 10.4 Å². The minimum absolute atomic E-state index is 0.0609. The Morgan fingerprint density at radius 1 is 0.730 bits per heavy atom. The van der Waals surface area contributed by atoms with E-state index in [1.165, 1.54) is 0 Å². The molecule has 1 amide bonds. The van der Waals surface area contributed by atoms with Gasteiger partial charge in [0, 0.05) is 11.1 Å². The molecule has 0 radical (unpaired) electrons. The van der Waals surface area contributed by atoms with Gasteiger partial charge in [-0.15, -0.1) is 0 Å². The Hall–Kier alpha value is -5.24. The first-order chi connectivity index (χ1) is 18.1. The third kappa shape index (κ3) is 5.38. The van der Waals surface area contributed by atoms with E-state index in [1.54, 1.807) is 72.8 Å². The van der Waals surface area contributed by atoms with Crippen LogP contribution in [0.15, 0.2) is 114 Å². The Kier molecular flexibility index (Phi) is 6.72. The van der Waals surface area contributed by atoms with Gasteiger partial charge in [-0.2, -0.15) is 9.78 Å². The van der Waals surface area contributed by atoms with Crippen LogP contribution in [-0.2, 0) is 9.53 Å². The number of para-hydroxylation sites is 2. The van der Waals surface area contributed by atoms with Gasteiger partial charge in [-0.25, -0.2) is 4.79 Å². The summed E-state index contributed by atoms with van der Waals surface area (Å²) in [6.07, 6.45) is 0. The van der Waals surface area contributed by atoms with Crippen LogP contribution in [0.2, 0.25) is 0 Å². The number of esters is 1. The van der Waals surface area contributed by atoms with Crippen LogP contribution in [0.25, 0.3) is 16.5 Å². The number of nitrogens with zero attached hydrogens (tertiary/aromatic N) is 2. The zero-order chi connectivity index (χ0) is 25.6. The standard InChI is InChI=1S/C29H21N3O5/c33-26(30-20-15-17-23(18-16-20)37-22-11-5-2-6-12-22)19-36-29(35)27-24-13-7-8-14-25(24)28(34)32(31-27)21-9-3-1-4-10-21/h1-18H,19H2,(H,30,33). The van der Waals surface area contributed by atoms with Crippen molar-refractivity contribution in [2.75, 3.05) is 11.9 Å². The minimum Gasteiger partial charge on any atom is -0.457 e. The molecule has 1 aromatic heterocycles. The van der Waals surface area contributed by atoms with Gasteiger partial charge in [0.15, 0.2) is 12.3 Å². The van der Waals surface area contributed by atoms with E-state index in [0.29, 0.717) is 33.6 Å². The molecule has 0 atom stereocenters. The summed E-state index contributed by atoms with van der Waals surface area (Å²) in [5.41, 5.74) is 0.595. The van der Waals surface area contributed by atoms with E-state index in [1.807, 2.05) is 36.4 Å². The fraction of sp³-hybridized carbons (Fsp3) is 0.0345. The van der Waals surface area contributed by atoms with Crippen LogP contribution in [0.3, 0.4) is 0 Å². The lowest BCUT2D eigenvalue weighted by atomic mass is 10.1. The molecule has 0 unspecified atom stereocenters. The maximum Gasteiger partial charge on any atom is 0.359 e. The fourth-order valence-electron chi connectivity index (χ4n) is 3.71. The zero-order valence-corrected chi connectivity index (χ0v) is 19.5. The summed E-state index contributed by atoms with van der Waals surface area (Å²) in [6, 6.07) is 31.5. The van der Waals surface area contributed by atoms with Gasteiger partial charge in [0.05, 0.1) is 11.1 Å². The summed E-state index contributed by atoms with van der Waals surface area (Å²) in [4.78, 5) is 38.3. The van der Waals surface area contributed by atoms with E-state index >= 15 is 0 Å². The van der Waals surface area contributed by atoms with Gasteiger partial charge in [-0.3, -0.25) is 9.59 Å². The quantitative estimate of drug-likeness (QED) is 0.323. The maximum atomic E-state index is 13.0. The van der Waals surface area contributed by atoms with Gasteiger partial charge in [0.25, 0.3) is 11.5 Å². The molecular weight excluding hydrogens is 470 g/mol. The van der Waals surface area contributed by atoms with Crippen molar-refractivity contribution in [2.45, 2.75) is 0 Å². The highest BCUT2D eigenvalue weighted by molar-refractivity contribution is 6.03. The number of amides is 1. The second kappa shape index (κ2) is 10.6. The summed E-state index contributed by atoms with van der Waals surface area (Å²) in [5.74, 6) is -0.0264. The molecule has 4 aromatic carbocycles. The van der Waals surface area contributed by atoms with Crippen molar-refractivity contribution in [3.8, 4) is 17.2 Å². The highest BCUT2D eigenvalue weighted by atomic mass is 16.5. The molecule has 0 aliphatic rings. The van der Waals surface area contributed by atoms with Crippen molar-refractivity contribution in [1.82, 2.24) is 9.78 Å². The van der Waals surface area contributed by atoms with Gasteiger partial charge in [-0.1, -0.05) is 54.6 Å². The summed E-state index contributed by atoms with van der Waals surface area (Å²) in [7, 11) is 0. The molecule has 1 heterocycles. The number of ether oxygens (including phenoxy) is 2. The first kappa shape index (κ1) is 23.5. The molecule has 5 rings (SSSR count). The number of aromatic nitrogens is 2. The summed E-state index contributed by atoms with van der Waals surface area (Å²) >= 11 is 0. The topological polar surface area (TPSA) is 99.5 Å². The second-order valence-corrected chi connectivity index (χ2v) is 8.01. The van der Waals surface area contributed by atoms with Crippen molar-refractivity contribution in [2.24, 2.45) is 0 Å². The van der Waals surface area contributed by atoms with E-state index in [-0.39, 0.29) is 11.3 Å². The van der Waals surface area contributed by atoms with Crippen LogP contribution in [0.1, 0.15) is 10.5 Å². The summed E-state index contributed by atoms with van der Waals surface area (Å²) < 4.78 is 12.1. The van der Waals surface area contributed by atoms with Crippen molar-refractivity contribution in [3.63, 3.8) is 0 Å². The van der Waals surface area contributed by atoms with Crippen LogP contribution >= 0.6 is 0 Å². The SMILES string of the molecule is O=C(COC(=O)c1nn(-c2ccccc2)c(=O)c2ccccc12)Nc1ccc(Oc2ccccc2)cc1. The predicted molar refractivity (Wildman–Crippen MR) is 139 cm³/mol. The Bertz CT molecular complexity index is 1620. The Balaban J connectivity index is 1.28. The molecule has 8 nitrogen and oxygen atoms in total. The van der Waals surface area contributed by atoms with Gasteiger partial charge in [0.2, 0.25) is 0 Å². The van der Waals surface area contributed by atoms with Crippen LogP contribution in [-0.4, -0.2) is 28.3 Å². The van der Waals surface area contributed by atoms with E-state index in [4.69, 9.17) is 9.47 Å². The molecule has 0 spiro atoms. The van der Waals surface area contributed by atoms with Gasteiger partial charge in [0.1, 0.15) is 11.5 Å². The maximum absolute atomic E-state index is 13.0. The number of carbonyl (C=O) groups is 2. The van der Waals surface area contributed by atoms with Crippen LogP contribution in [0.5, 0.6) is 11.5 Å². The molecule has 8 heteroatoms. The number of rotatable bonds is 7. The molecular formula is C29H21N3O5. The molecule has 182 valence electrons. The Labute approximate surface area is 211 Å². The van der Waals surface area contributed by atoms with Gasteiger partial charge in [-0.05, 0) is 54.6 Å². The lowest BCUT2D eigenvalue weighted by Gasteiger charge is -2.11. The van der Waals surface area contributed by atoms with Crippen molar-refractivity contribution in [3.05, 3.63) is 125 Å². The second-order valence-electron chi connectivity index (χ2n) is 8.01. The molecule has 0 saturated carbocycles. The van der Waals surface area contributed by atoms with Gasteiger partial charge < -0.3 is 14.8 Å². The Morgan fingerprint density at radius 3 is 2.03 bits per heavy atom. The zero-order valence-electron chi connectivity index (χ0n) is 19.5. The average molecular weight is 492 g/mol. The number of benzene rings is 4. The first-order valence-corrected chi connectivity index (χ1v) is 11.5. The van der Waals surface area contributed by atoms with Gasteiger partial charge >= 0.3 is 5.97 Å². The largest absolute Gasteiger partial charge is 0.457 e. The molecule has 1 N–H and O–H groups in total. The molecule has 0 aliphatic carbocycles. The van der Waals surface area contributed by atoms with E-state index in [0.717, 1.165) is 4.68 Å². The van der Waals surface area contributed by atoms with E-state index < -0.39 is 18.5 Å².